The van der Waals surface area contributed by atoms with Crippen molar-refractivity contribution in [1.82, 2.24) is 9.80 Å². The number of benzene rings is 1. The maximum absolute atomic E-state index is 12.7. The van der Waals surface area contributed by atoms with Crippen LogP contribution in [-0.2, 0) is 22.4 Å². The molecule has 6 heteroatoms. The molecule has 1 aromatic rings. The molecule has 0 aromatic heterocycles. The number of piperidine rings is 1. The van der Waals surface area contributed by atoms with Gasteiger partial charge < -0.3 is 14.9 Å². The van der Waals surface area contributed by atoms with Gasteiger partial charge in [-0.2, -0.15) is 0 Å². The fourth-order valence-corrected chi connectivity index (χ4v) is 3.87. The molecule has 26 heavy (non-hydrogen) atoms. The number of carbonyl (C=O) groups excluding carboxylic acids is 2. The summed E-state index contributed by atoms with van der Waals surface area (Å²) in [5.74, 6) is -1.72. The van der Waals surface area contributed by atoms with E-state index in [0.29, 0.717) is 24.9 Å². The Bertz CT molecular complexity index is 716. The number of carboxylic acids is 1. The topological polar surface area (TPSA) is 77.9 Å². The molecule has 2 aliphatic rings. The van der Waals surface area contributed by atoms with Gasteiger partial charge in [-0.25, -0.2) is 0 Å². The number of likely N-dealkylation sites (tertiary alicyclic amines) is 1. The number of fused-ring (bicyclic) bond motifs is 1. The number of hydrogen-bond acceptors (Lipinski definition) is 3. The van der Waals surface area contributed by atoms with Crippen molar-refractivity contribution in [3.63, 3.8) is 0 Å². The van der Waals surface area contributed by atoms with Crippen LogP contribution < -0.4 is 0 Å². The monoisotopic (exact) mass is 358 g/mol. The summed E-state index contributed by atoms with van der Waals surface area (Å²) < 4.78 is 0. The number of hydrogen-bond donors (Lipinski definition) is 1. The van der Waals surface area contributed by atoms with E-state index in [0.717, 1.165) is 19.3 Å². The first-order valence-electron chi connectivity index (χ1n) is 9.33. The van der Waals surface area contributed by atoms with Crippen LogP contribution in [0, 0.1) is 5.92 Å². The van der Waals surface area contributed by atoms with Gasteiger partial charge in [0.2, 0.25) is 5.91 Å². The third-order valence-electron chi connectivity index (χ3n) is 5.44. The molecule has 1 heterocycles. The smallest absolute Gasteiger partial charge is 0.308 e. The molecule has 1 aliphatic carbocycles. The van der Waals surface area contributed by atoms with Crippen LogP contribution in [0.15, 0.2) is 18.2 Å². The highest BCUT2D eigenvalue weighted by atomic mass is 16.4. The van der Waals surface area contributed by atoms with Crippen LogP contribution in [-0.4, -0.2) is 59.4 Å². The van der Waals surface area contributed by atoms with Crippen LogP contribution in [0.3, 0.4) is 0 Å². The fraction of sp³-hybridized carbons (Fsp3) is 0.550. The second kappa shape index (κ2) is 7.89. The first-order chi connectivity index (χ1) is 12.5. The Morgan fingerprint density at radius 3 is 2.62 bits per heavy atom. The van der Waals surface area contributed by atoms with Gasteiger partial charge in [0, 0.05) is 25.7 Å². The minimum atomic E-state index is -0.860. The van der Waals surface area contributed by atoms with Crippen LogP contribution in [0.4, 0.5) is 0 Å². The fourth-order valence-electron chi connectivity index (χ4n) is 3.87. The third kappa shape index (κ3) is 4.06. The zero-order valence-corrected chi connectivity index (χ0v) is 15.2. The summed E-state index contributed by atoms with van der Waals surface area (Å²) in [5.41, 5.74) is 3.17. The first kappa shape index (κ1) is 18.4. The normalized spacial score (nSPS) is 19.6. The molecule has 1 atom stereocenters. The third-order valence-corrected chi connectivity index (χ3v) is 5.44. The lowest BCUT2D eigenvalue weighted by molar-refractivity contribution is -0.145. The highest BCUT2D eigenvalue weighted by Gasteiger charge is 2.29. The zero-order chi connectivity index (χ0) is 18.7. The van der Waals surface area contributed by atoms with Crippen molar-refractivity contribution in [2.75, 3.05) is 26.7 Å². The quantitative estimate of drug-likeness (QED) is 0.892. The van der Waals surface area contributed by atoms with Crippen molar-refractivity contribution in [2.45, 2.75) is 38.5 Å². The zero-order valence-electron chi connectivity index (χ0n) is 15.2. The van der Waals surface area contributed by atoms with Crippen LogP contribution in [0.25, 0.3) is 0 Å². The summed E-state index contributed by atoms with van der Waals surface area (Å²) in [7, 11) is 1.62. The van der Waals surface area contributed by atoms with Gasteiger partial charge in [0.25, 0.3) is 5.91 Å². The van der Waals surface area contributed by atoms with Crippen LogP contribution in [0.1, 0.15) is 47.2 Å². The van der Waals surface area contributed by atoms with Gasteiger partial charge in [0.1, 0.15) is 0 Å². The summed E-state index contributed by atoms with van der Waals surface area (Å²) in [4.78, 5) is 39.3. The van der Waals surface area contributed by atoms with Gasteiger partial charge in [0.15, 0.2) is 0 Å². The van der Waals surface area contributed by atoms with E-state index in [4.69, 9.17) is 5.11 Å². The Labute approximate surface area is 153 Å². The molecule has 2 amide bonds. The molecular formula is C20H26N2O4. The molecule has 0 radical (unpaired) electrons. The lowest BCUT2D eigenvalue weighted by atomic mass is 9.90. The van der Waals surface area contributed by atoms with Crippen molar-refractivity contribution < 1.29 is 19.5 Å². The number of rotatable bonds is 4. The van der Waals surface area contributed by atoms with Crippen LogP contribution >= 0.6 is 0 Å². The van der Waals surface area contributed by atoms with Gasteiger partial charge >= 0.3 is 5.97 Å². The van der Waals surface area contributed by atoms with Gasteiger partial charge in [-0.15, -0.1) is 0 Å². The van der Waals surface area contributed by atoms with Crippen molar-refractivity contribution in [3.8, 4) is 0 Å². The summed E-state index contributed by atoms with van der Waals surface area (Å²) in [6, 6.07) is 5.83. The molecule has 1 N–H and O–H groups in total. The Kier molecular flexibility index (Phi) is 5.59. The number of nitrogens with zero attached hydrogens (tertiary/aromatic N) is 2. The van der Waals surface area contributed by atoms with E-state index in [2.05, 4.69) is 0 Å². The molecule has 1 aliphatic heterocycles. The standard InChI is InChI=1S/C20H26N2O4/c1-21(13-18(23)22-10-4-7-17(12-22)20(25)26)19(24)16-9-8-14-5-2-3-6-15(14)11-16/h8-9,11,17H,2-7,10,12-13H2,1H3,(H,25,26). The second-order valence-electron chi connectivity index (χ2n) is 7.37. The Balaban J connectivity index is 1.62. The molecule has 140 valence electrons. The number of carboxylic acid groups (broad SMARTS) is 1. The molecule has 6 nitrogen and oxygen atoms in total. The highest BCUT2D eigenvalue weighted by Crippen LogP contribution is 2.23. The van der Waals surface area contributed by atoms with E-state index < -0.39 is 11.9 Å². The minimum Gasteiger partial charge on any atom is -0.481 e. The molecule has 1 saturated heterocycles. The van der Waals surface area contributed by atoms with Crippen LogP contribution in [0.2, 0.25) is 0 Å². The van der Waals surface area contributed by atoms with Gasteiger partial charge in [-0.1, -0.05) is 6.07 Å². The molecular weight excluding hydrogens is 332 g/mol. The molecule has 0 spiro atoms. The van der Waals surface area contributed by atoms with Crippen molar-refractivity contribution >= 4 is 17.8 Å². The average molecular weight is 358 g/mol. The maximum atomic E-state index is 12.7. The lowest BCUT2D eigenvalue weighted by Gasteiger charge is -2.32. The van der Waals surface area contributed by atoms with Gasteiger partial charge in [0.05, 0.1) is 12.5 Å². The van der Waals surface area contributed by atoms with E-state index in [1.807, 2.05) is 18.2 Å². The van der Waals surface area contributed by atoms with Crippen molar-refractivity contribution in [3.05, 3.63) is 34.9 Å². The molecule has 0 bridgehead atoms. The number of carbonyl (C=O) groups is 3. The summed E-state index contributed by atoms with van der Waals surface area (Å²) >= 11 is 0. The Morgan fingerprint density at radius 1 is 1.15 bits per heavy atom. The van der Waals surface area contributed by atoms with Gasteiger partial charge in [-0.3, -0.25) is 14.4 Å². The predicted octanol–water partition coefficient (Wildman–Crippen LogP) is 1.96. The van der Waals surface area contributed by atoms with E-state index in [1.54, 1.807) is 11.9 Å². The van der Waals surface area contributed by atoms with Gasteiger partial charge in [-0.05, 0) is 61.8 Å². The van der Waals surface area contributed by atoms with Crippen molar-refractivity contribution in [2.24, 2.45) is 5.92 Å². The number of aliphatic carboxylic acids is 1. The molecule has 1 aromatic carbocycles. The number of likely N-dealkylation sites (N-methyl/N-ethyl adjacent to an activating group) is 1. The van der Waals surface area contributed by atoms with E-state index >= 15 is 0 Å². The summed E-state index contributed by atoms with van der Waals surface area (Å²) in [6.07, 6.45) is 5.70. The van der Waals surface area contributed by atoms with E-state index in [-0.39, 0.29) is 24.9 Å². The minimum absolute atomic E-state index is 0.0255. The number of aryl methyl sites for hydroxylation is 2. The molecule has 1 fully saturated rings. The Morgan fingerprint density at radius 2 is 1.88 bits per heavy atom. The second-order valence-corrected chi connectivity index (χ2v) is 7.37. The summed E-state index contributed by atoms with van der Waals surface area (Å²) in [6.45, 7) is 0.765. The van der Waals surface area contributed by atoms with Crippen LogP contribution in [0.5, 0.6) is 0 Å². The predicted molar refractivity (Wildman–Crippen MR) is 97.0 cm³/mol. The SMILES string of the molecule is CN(CC(=O)N1CCCC(C(=O)O)C1)C(=O)c1ccc2c(c1)CCCC2. The molecule has 1 unspecified atom stereocenters. The lowest BCUT2D eigenvalue weighted by Crippen LogP contribution is -2.46. The van der Waals surface area contributed by atoms with E-state index in [9.17, 15) is 14.4 Å². The highest BCUT2D eigenvalue weighted by molar-refractivity contribution is 5.96. The molecule has 3 rings (SSSR count). The summed E-state index contributed by atoms with van der Waals surface area (Å²) in [5, 5.41) is 9.15. The first-order valence-corrected chi connectivity index (χ1v) is 9.33. The Hall–Kier alpha value is -2.37. The van der Waals surface area contributed by atoms with Crippen molar-refractivity contribution in [1.29, 1.82) is 0 Å². The largest absolute Gasteiger partial charge is 0.481 e. The molecule has 0 saturated carbocycles. The average Bonchev–Trinajstić information content (AvgIpc) is 2.67. The van der Waals surface area contributed by atoms with E-state index in [1.165, 1.54) is 22.4 Å². The number of amides is 2. The maximum Gasteiger partial charge on any atom is 0.308 e.